The highest BCUT2D eigenvalue weighted by atomic mass is 79.9. The number of rotatable bonds is 1. The highest BCUT2D eigenvalue weighted by molar-refractivity contribution is 9.10. The molecular formula is C10H9BrN4. The Hall–Kier alpha value is -1.49. The van der Waals surface area contributed by atoms with Crippen LogP contribution in [0.5, 0.6) is 0 Å². The number of hydrogen-bond donors (Lipinski definition) is 1. The lowest BCUT2D eigenvalue weighted by Gasteiger charge is -2.05. The van der Waals surface area contributed by atoms with E-state index < -0.39 is 0 Å². The van der Waals surface area contributed by atoms with E-state index >= 15 is 0 Å². The van der Waals surface area contributed by atoms with Crippen LogP contribution in [0.15, 0.2) is 29.1 Å². The summed E-state index contributed by atoms with van der Waals surface area (Å²) in [6, 6.07) is 3.84. The van der Waals surface area contributed by atoms with Gasteiger partial charge < -0.3 is 5.73 Å². The van der Waals surface area contributed by atoms with Gasteiger partial charge in [-0.25, -0.2) is 9.97 Å². The van der Waals surface area contributed by atoms with Crippen LogP contribution in [0.3, 0.4) is 0 Å². The van der Waals surface area contributed by atoms with Crippen molar-refractivity contribution in [2.24, 2.45) is 0 Å². The summed E-state index contributed by atoms with van der Waals surface area (Å²) in [5.41, 5.74) is 8.16. The van der Waals surface area contributed by atoms with E-state index in [0.29, 0.717) is 16.1 Å². The first-order valence-corrected chi connectivity index (χ1v) is 5.18. The number of nitrogens with two attached hydrogens (primary N) is 1. The van der Waals surface area contributed by atoms with Crippen molar-refractivity contribution < 1.29 is 0 Å². The molecular weight excluding hydrogens is 256 g/mol. The molecule has 5 heteroatoms. The molecule has 0 aliphatic carbocycles. The molecule has 2 rings (SSSR count). The lowest BCUT2D eigenvalue weighted by Crippen LogP contribution is -1.99. The predicted octanol–water partition coefficient (Wildman–Crippen LogP) is 2.19. The quantitative estimate of drug-likeness (QED) is 0.858. The summed E-state index contributed by atoms with van der Waals surface area (Å²) in [7, 11) is 0. The van der Waals surface area contributed by atoms with E-state index in [-0.39, 0.29) is 0 Å². The second-order valence-corrected chi connectivity index (χ2v) is 3.91. The molecule has 0 fully saturated rings. The molecule has 0 radical (unpaired) electrons. The van der Waals surface area contributed by atoms with Gasteiger partial charge in [0.15, 0.2) is 5.82 Å². The lowest BCUT2D eigenvalue weighted by atomic mass is 10.1. The minimum atomic E-state index is 0.389. The monoisotopic (exact) mass is 264 g/mol. The predicted molar refractivity (Wildman–Crippen MR) is 62.1 cm³/mol. The maximum atomic E-state index is 5.76. The van der Waals surface area contributed by atoms with Crippen LogP contribution >= 0.6 is 15.9 Å². The third-order valence-corrected chi connectivity index (χ3v) is 2.39. The third-order valence-electron chi connectivity index (χ3n) is 2.01. The van der Waals surface area contributed by atoms with E-state index in [1.165, 1.54) is 0 Å². The van der Waals surface area contributed by atoms with Crippen molar-refractivity contribution >= 4 is 21.7 Å². The van der Waals surface area contributed by atoms with E-state index in [2.05, 4.69) is 30.9 Å². The molecule has 0 saturated carbocycles. The number of pyridine rings is 1. The molecule has 0 unspecified atom stereocenters. The fourth-order valence-corrected chi connectivity index (χ4v) is 1.56. The summed E-state index contributed by atoms with van der Waals surface area (Å²) < 4.78 is 0.650. The van der Waals surface area contributed by atoms with Crippen LogP contribution in [0.4, 0.5) is 5.82 Å². The van der Waals surface area contributed by atoms with Crippen molar-refractivity contribution in [2.45, 2.75) is 6.92 Å². The van der Waals surface area contributed by atoms with Crippen molar-refractivity contribution in [3.05, 3.63) is 34.7 Å². The number of nitrogens with zero attached hydrogens (tertiary/aromatic N) is 3. The van der Waals surface area contributed by atoms with Crippen LogP contribution in [0, 0.1) is 6.92 Å². The van der Waals surface area contributed by atoms with E-state index in [1.807, 2.05) is 19.1 Å². The van der Waals surface area contributed by atoms with Gasteiger partial charge in [-0.15, -0.1) is 0 Å². The Kier molecular flexibility index (Phi) is 2.64. The smallest absolute Gasteiger partial charge is 0.151 e. The molecule has 0 saturated heterocycles. The van der Waals surface area contributed by atoms with Crippen molar-refractivity contribution in [3.8, 4) is 11.4 Å². The molecule has 0 atom stereocenters. The summed E-state index contributed by atoms with van der Waals surface area (Å²) in [5.74, 6) is 0.389. The minimum absolute atomic E-state index is 0.389. The molecule has 2 aromatic rings. The van der Waals surface area contributed by atoms with Gasteiger partial charge in [0, 0.05) is 6.20 Å². The summed E-state index contributed by atoms with van der Waals surface area (Å²) in [4.78, 5) is 12.5. The summed E-state index contributed by atoms with van der Waals surface area (Å²) in [6.07, 6.45) is 3.28. The molecule has 2 heterocycles. The average molecular weight is 265 g/mol. The SMILES string of the molecule is Cc1cccnc1-c1nc(Br)cnc1N. The van der Waals surface area contributed by atoms with Gasteiger partial charge in [-0.1, -0.05) is 6.07 Å². The Bertz CT molecular complexity index is 499. The zero-order chi connectivity index (χ0) is 10.8. The zero-order valence-electron chi connectivity index (χ0n) is 8.11. The number of aryl methyl sites for hydroxylation is 1. The van der Waals surface area contributed by atoms with Gasteiger partial charge >= 0.3 is 0 Å². The third kappa shape index (κ3) is 1.97. The molecule has 2 N–H and O–H groups in total. The molecule has 0 amide bonds. The molecule has 0 aliphatic rings. The first-order valence-electron chi connectivity index (χ1n) is 4.38. The van der Waals surface area contributed by atoms with Crippen LogP contribution in [-0.4, -0.2) is 15.0 Å². The Morgan fingerprint density at radius 2 is 2.07 bits per heavy atom. The van der Waals surface area contributed by atoms with Crippen LogP contribution in [0.25, 0.3) is 11.4 Å². The van der Waals surface area contributed by atoms with Gasteiger partial charge in [0.1, 0.15) is 10.3 Å². The Morgan fingerprint density at radius 3 is 2.80 bits per heavy atom. The van der Waals surface area contributed by atoms with Gasteiger partial charge in [-0.05, 0) is 34.5 Å². The number of aromatic nitrogens is 3. The molecule has 4 nitrogen and oxygen atoms in total. The molecule has 0 aliphatic heterocycles. The first-order chi connectivity index (χ1) is 7.18. The van der Waals surface area contributed by atoms with Gasteiger partial charge in [0.25, 0.3) is 0 Å². The number of anilines is 1. The normalized spacial score (nSPS) is 10.3. The van der Waals surface area contributed by atoms with Crippen molar-refractivity contribution in [3.63, 3.8) is 0 Å². The van der Waals surface area contributed by atoms with Crippen LogP contribution < -0.4 is 5.73 Å². The molecule has 2 aromatic heterocycles. The average Bonchev–Trinajstić information content (AvgIpc) is 2.23. The standard InChI is InChI=1S/C10H9BrN4/c1-6-3-2-4-13-8(6)9-10(12)14-5-7(11)15-9/h2-5H,1H3,(H2,12,14). The zero-order valence-corrected chi connectivity index (χ0v) is 9.69. The highest BCUT2D eigenvalue weighted by Crippen LogP contribution is 2.24. The van der Waals surface area contributed by atoms with Crippen LogP contribution in [-0.2, 0) is 0 Å². The van der Waals surface area contributed by atoms with Gasteiger partial charge in [0.2, 0.25) is 0 Å². The summed E-state index contributed by atoms with van der Waals surface area (Å²) in [6.45, 7) is 1.96. The Labute approximate surface area is 95.7 Å². The number of hydrogen-bond acceptors (Lipinski definition) is 4. The van der Waals surface area contributed by atoms with Gasteiger partial charge in [-0.2, -0.15) is 0 Å². The topological polar surface area (TPSA) is 64.7 Å². The largest absolute Gasteiger partial charge is 0.382 e. The maximum absolute atomic E-state index is 5.76. The van der Waals surface area contributed by atoms with Crippen molar-refractivity contribution in [1.82, 2.24) is 15.0 Å². The van der Waals surface area contributed by atoms with E-state index in [4.69, 9.17) is 5.73 Å². The molecule has 15 heavy (non-hydrogen) atoms. The lowest BCUT2D eigenvalue weighted by molar-refractivity contribution is 1.14. The maximum Gasteiger partial charge on any atom is 0.151 e. The fraction of sp³-hybridized carbons (Fsp3) is 0.100. The van der Waals surface area contributed by atoms with Crippen LogP contribution in [0.2, 0.25) is 0 Å². The number of nitrogen functional groups attached to an aromatic ring is 1. The fourth-order valence-electron chi connectivity index (χ4n) is 1.28. The van der Waals surface area contributed by atoms with Gasteiger partial charge in [0.05, 0.1) is 11.9 Å². The molecule has 0 aromatic carbocycles. The Balaban J connectivity index is 2.64. The second-order valence-electron chi connectivity index (χ2n) is 3.10. The van der Waals surface area contributed by atoms with E-state index in [1.54, 1.807) is 12.4 Å². The van der Waals surface area contributed by atoms with E-state index in [0.717, 1.165) is 11.3 Å². The second kappa shape index (κ2) is 3.94. The van der Waals surface area contributed by atoms with Crippen molar-refractivity contribution in [1.29, 1.82) is 0 Å². The molecule has 76 valence electrons. The summed E-state index contributed by atoms with van der Waals surface area (Å²) >= 11 is 3.26. The highest BCUT2D eigenvalue weighted by Gasteiger charge is 2.09. The number of halogens is 1. The molecule has 0 spiro atoms. The Morgan fingerprint density at radius 1 is 1.27 bits per heavy atom. The molecule has 0 bridgehead atoms. The van der Waals surface area contributed by atoms with Gasteiger partial charge in [-0.3, -0.25) is 4.98 Å². The minimum Gasteiger partial charge on any atom is -0.382 e. The first kappa shape index (κ1) is 10.0. The van der Waals surface area contributed by atoms with E-state index in [9.17, 15) is 0 Å². The summed E-state index contributed by atoms with van der Waals surface area (Å²) in [5, 5.41) is 0. The van der Waals surface area contributed by atoms with Crippen molar-refractivity contribution in [2.75, 3.05) is 5.73 Å². The van der Waals surface area contributed by atoms with Crippen LogP contribution in [0.1, 0.15) is 5.56 Å².